The number of benzene rings is 1. The second-order valence-electron chi connectivity index (χ2n) is 3.79. The molecule has 0 spiro atoms. The van der Waals surface area contributed by atoms with Crippen LogP contribution >= 0.6 is 23.2 Å². The molecule has 1 aromatic heterocycles. The molecule has 0 bridgehead atoms. The molecule has 1 amide bonds. The molecule has 2 rings (SSSR count). The summed E-state index contributed by atoms with van der Waals surface area (Å²) in [7, 11) is 0. The van der Waals surface area contributed by atoms with Crippen LogP contribution < -0.4 is 5.32 Å². The summed E-state index contributed by atoms with van der Waals surface area (Å²) in [5.74, 6) is -0.851. The summed E-state index contributed by atoms with van der Waals surface area (Å²) in [5.41, 5.74) is 0.919. The maximum Gasteiger partial charge on any atom is 0.270 e. The molecule has 3 nitrogen and oxygen atoms in total. The molecule has 0 unspecified atom stereocenters. The van der Waals surface area contributed by atoms with E-state index in [1.807, 2.05) is 0 Å². The van der Waals surface area contributed by atoms with Gasteiger partial charge in [0.25, 0.3) is 5.91 Å². The Balaban J connectivity index is 2.02. The van der Waals surface area contributed by atoms with Gasteiger partial charge in [-0.25, -0.2) is 4.39 Å². The molecular formula is C13H9Cl2FN2O. The average Bonchev–Trinajstić information content (AvgIpc) is 2.40. The molecule has 0 fully saturated rings. The molecule has 1 N–H and O–H groups in total. The topological polar surface area (TPSA) is 42.0 Å². The van der Waals surface area contributed by atoms with Gasteiger partial charge in [-0.05, 0) is 29.8 Å². The van der Waals surface area contributed by atoms with E-state index in [9.17, 15) is 9.18 Å². The molecule has 0 atom stereocenters. The van der Waals surface area contributed by atoms with Gasteiger partial charge in [-0.1, -0.05) is 29.3 Å². The molecular weight excluding hydrogens is 290 g/mol. The van der Waals surface area contributed by atoms with Gasteiger partial charge in [0.05, 0.1) is 5.02 Å². The van der Waals surface area contributed by atoms with Gasteiger partial charge in [0.2, 0.25) is 0 Å². The van der Waals surface area contributed by atoms with Crippen molar-refractivity contribution in [3.8, 4) is 0 Å². The Kier molecular flexibility index (Phi) is 4.35. The Morgan fingerprint density at radius 3 is 2.74 bits per heavy atom. The Morgan fingerprint density at radius 1 is 1.26 bits per heavy atom. The van der Waals surface area contributed by atoms with Gasteiger partial charge < -0.3 is 5.32 Å². The number of pyridine rings is 1. The highest BCUT2D eigenvalue weighted by Crippen LogP contribution is 2.16. The fourth-order valence-corrected chi connectivity index (χ4v) is 1.81. The van der Waals surface area contributed by atoms with E-state index in [2.05, 4.69) is 10.3 Å². The van der Waals surface area contributed by atoms with Gasteiger partial charge in [-0.3, -0.25) is 9.78 Å². The third-order valence-corrected chi connectivity index (χ3v) is 2.92. The highest BCUT2D eigenvalue weighted by molar-refractivity contribution is 6.31. The van der Waals surface area contributed by atoms with E-state index in [0.717, 1.165) is 0 Å². The number of carbonyl (C=O) groups excluding carboxylic acids is 1. The molecule has 6 heteroatoms. The second-order valence-corrected chi connectivity index (χ2v) is 4.63. The van der Waals surface area contributed by atoms with Gasteiger partial charge >= 0.3 is 0 Å². The predicted molar refractivity (Wildman–Crippen MR) is 71.8 cm³/mol. The van der Waals surface area contributed by atoms with E-state index < -0.39 is 5.82 Å². The van der Waals surface area contributed by atoms with Crippen LogP contribution in [-0.4, -0.2) is 10.9 Å². The van der Waals surface area contributed by atoms with Crippen LogP contribution in [0.5, 0.6) is 0 Å². The highest BCUT2D eigenvalue weighted by atomic mass is 35.5. The zero-order valence-electron chi connectivity index (χ0n) is 9.66. The monoisotopic (exact) mass is 298 g/mol. The van der Waals surface area contributed by atoms with Crippen LogP contribution in [0.4, 0.5) is 4.39 Å². The second kappa shape index (κ2) is 5.99. The fourth-order valence-electron chi connectivity index (χ4n) is 1.45. The van der Waals surface area contributed by atoms with Crippen LogP contribution in [0.15, 0.2) is 36.5 Å². The Hall–Kier alpha value is -1.65. The Bertz CT molecular complexity index is 619. The van der Waals surface area contributed by atoms with Gasteiger partial charge in [-0.2, -0.15) is 0 Å². The summed E-state index contributed by atoms with van der Waals surface area (Å²) in [6.45, 7) is 0.229. The van der Waals surface area contributed by atoms with Crippen molar-refractivity contribution in [3.05, 3.63) is 63.6 Å². The first-order valence-corrected chi connectivity index (χ1v) is 6.15. The van der Waals surface area contributed by atoms with E-state index in [1.54, 1.807) is 12.1 Å². The fraction of sp³-hybridized carbons (Fsp3) is 0.0769. The quantitative estimate of drug-likeness (QED) is 0.943. The van der Waals surface area contributed by atoms with Crippen LogP contribution in [-0.2, 0) is 6.54 Å². The number of nitrogens with zero attached hydrogens (tertiary/aromatic N) is 1. The van der Waals surface area contributed by atoms with Crippen LogP contribution in [0.3, 0.4) is 0 Å². The molecule has 0 aliphatic carbocycles. The number of amides is 1. The highest BCUT2D eigenvalue weighted by Gasteiger charge is 2.08. The van der Waals surface area contributed by atoms with Gasteiger partial charge in [0, 0.05) is 17.8 Å². The van der Waals surface area contributed by atoms with Crippen molar-refractivity contribution in [2.24, 2.45) is 0 Å². The van der Waals surface area contributed by atoms with Crippen LogP contribution in [0, 0.1) is 5.82 Å². The van der Waals surface area contributed by atoms with E-state index >= 15 is 0 Å². The zero-order valence-corrected chi connectivity index (χ0v) is 11.2. The minimum absolute atomic E-state index is 0.0210. The summed E-state index contributed by atoms with van der Waals surface area (Å²) in [5, 5.41) is 3.10. The normalized spacial score (nSPS) is 10.3. The van der Waals surface area contributed by atoms with Crippen molar-refractivity contribution >= 4 is 29.1 Å². The number of rotatable bonds is 3. The SMILES string of the molecule is O=C(NCc1ccc(F)c(Cl)c1)c1cc(Cl)ccn1. The van der Waals surface area contributed by atoms with E-state index in [1.165, 1.54) is 24.4 Å². The number of aromatic nitrogens is 1. The molecule has 0 radical (unpaired) electrons. The first-order chi connectivity index (χ1) is 9.06. The smallest absolute Gasteiger partial charge is 0.270 e. The molecule has 1 aromatic carbocycles. The molecule has 0 saturated heterocycles. The third-order valence-electron chi connectivity index (χ3n) is 2.39. The van der Waals surface area contributed by atoms with Crippen LogP contribution in [0.1, 0.15) is 16.1 Å². The van der Waals surface area contributed by atoms with Crippen molar-refractivity contribution in [1.82, 2.24) is 10.3 Å². The lowest BCUT2D eigenvalue weighted by Crippen LogP contribution is -2.23. The third kappa shape index (κ3) is 3.66. The summed E-state index contributed by atoms with van der Waals surface area (Å²) < 4.78 is 13.0. The molecule has 19 heavy (non-hydrogen) atoms. The van der Waals surface area contributed by atoms with Gasteiger partial charge in [0.15, 0.2) is 0 Å². The van der Waals surface area contributed by atoms with Crippen molar-refractivity contribution in [1.29, 1.82) is 0 Å². The van der Waals surface area contributed by atoms with Crippen molar-refractivity contribution in [2.75, 3.05) is 0 Å². The first kappa shape index (κ1) is 13.8. The lowest BCUT2D eigenvalue weighted by Gasteiger charge is -2.05. The maximum absolute atomic E-state index is 13.0. The van der Waals surface area contributed by atoms with Crippen molar-refractivity contribution < 1.29 is 9.18 Å². The predicted octanol–water partition coefficient (Wildman–Crippen LogP) is 3.46. The largest absolute Gasteiger partial charge is 0.347 e. The summed E-state index contributed by atoms with van der Waals surface area (Å²) in [6, 6.07) is 7.31. The number of hydrogen-bond acceptors (Lipinski definition) is 2. The minimum atomic E-state index is -0.492. The number of hydrogen-bond donors (Lipinski definition) is 1. The van der Waals surface area contributed by atoms with E-state index in [4.69, 9.17) is 23.2 Å². The minimum Gasteiger partial charge on any atom is -0.347 e. The molecule has 98 valence electrons. The number of nitrogens with one attached hydrogen (secondary N) is 1. The summed E-state index contributed by atoms with van der Waals surface area (Å²) in [4.78, 5) is 15.7. The molecule has 0 aliphatic rings. The van der Waals surface area contributed by atoms with E-state index in [-0.39, 0.29) is 23.2 Å². The van der Waals surface area contributed by atoms with Gasteiger partial charge in [-0.15, -0.1) is 0 Å². The zero-order chi connectivity index (χ0) is 13.8. The van der Waals surface area contributed by atoms with Gasteiger partial charge in [0.1, 0.15) is 11.5 Å². The van der Waals surface area contributed by atoms with Crippen LogP contribution in [0.25, 0.3) is 0 Å². The molecule has 1 heterocycles. The van der Waals surface area contributed by atoms with E-state index in [0.29, 0.717) is 10.6 Å². The summed E-state index contributed by atoms with van der Waals surface area (Å²) in [6.07, 6.45) is 1.45. The molecule has 0 aliphatic heterocycles. The van der Waals surface area contributed by atoms with Crippen molar-refractivity contribution in [2.45, 2.75) is 6.54 Å². The number of carbonyl (C=O) groups is 1. The van der Waals surface area contributed by atoms with Crippen LogP contribution in [0.2, 0.25) is 10.0 Å². The Labute approximate surface area is 119 Å². The lowest BCUT2D eigenvalue weighted by atomic mass is 10.2. The first-order valence-electron chi connectivity index (χ1n) is 5.40. The van der Waals surface area contributed by atoms with Crippen molar-refractivity contribution in [3.63, 3.8) is 0 Å². The lowest BCUT2D eigenvalue weighted by molar-refractivity contribution is 0.0946. The maximum atomic E-state index is 13.0. The standard InChI is InChI=1S/C13H9Cl2FN2O/c14-9-3-4-17-12(6-9)13(19)18-7-8-1-2-11(16)10(15)5-8/h1-6H,7H2,(H,18,19). The average molecular weight is 299 g/mol. The summed E-state index contributed by atoms with van der Waals surface area (Å²) >= 11 is 11.4. The molecule has 2 aromatic rings. The number of halogens is 3. The molecule has 0 saturated carbocycles. The Morgan fingerprint density at radius 2 is 2.05 bits per heavy atom.